The maximum Gasteiger partial charge on any atom is 0.263 e. The van der Waals surface area contributed by atoms with E-state index in [0.717, 1.165) is 12.1 Å². The topological polar surface area (TPSA) is 59.1 Å². The second-order valence-corrected chi connectivity index (χ2v) is 7.26. The van der Waals surface area contributed by atoms with E-state index in [2.05, 4.69) is 41.6 Å². The molecule has 2 rings (SSSR count). The zero-order valence-electron chi connectivity index (χ0n) is 10.2. The van der Waals surface area contributed by atoms with Crippen LogP contribution in [0.2, 0.25) is 0 Å². The van der Waals surface area contributed by atoms with E-state index in [1.807, 2.05) is 0 Å². The van der Waals surface area contributed by atoms with Gasteiger partial charge in [-0.05, 0) is 69.1 Å². The first kappa shape index (κ1) is 15.4. The molecule has 0 fully saturated rings. The van der Waals surface area contributed by atoms with Crippen LogP contribution in [0.3, 0.4) is 0 Å². The lowest BCUT2D eigenvalue weighted by Gasteiger charge is -2.11. The van der Waals surface area contributed by atoms with Crippen LogP contribution in [0.1, 0.15) is 5.69 Å². The van der Waals surface area contributed by atoms with Gasteiger partial charge in [-0.15, -0.1) is 0 Å². The van der Waals surface area contributed by atoms with Gasteiger partial charge in [-0.1, -0.05) is 0 Å². The van der Waals surface area contributed by atoms with Gasteiger partial charge in [0.2, 0.25) is 0 Å². The predicted molar refractivity (Wildman–Crippen MR) is 81.6 cm³/mol. The van der Waals surface area contributed by atoms with Gasteiger partial charge in [0.1, 0.15) is 15.3 Å². The van der Waals surface area contributed by atoms with Gasteiger partial charge >= 0.3 is 0 Å². The first-order valence-corrected chi connectivity index (χ1v) is 8.47. The summed E-state index contributed by atoms with van der Waals surface area (Å²) in [7, 11) is -3.81. The quantitative estimate of drug-likeness (QED) is 0.762. The number of hydrogen-bond donors (Lipinski definition) is 1. The molecule has 0 saturated carbocycles. The molecule has 0 radical (unpaired) electrons. The van der Waals surface area contributed by atoms with Crippen LogP contribution in [0.5, 0.6) is 0 Å². The molecule has 0 aliphatic carbocycles. The second kappa shape index (κ2) is 5.79. The Kier molecular flexibility index (Phi) is 4.46. The number of sulfonamides is 1. The van der Waals surface area contributed by atoms with Gasteiger partial charge in [-0.3, -0.25) is 4.72 Å². The Hall–Kier alpha value is -0.990. The van der Waals surface area contributed by atoms with E-state index in [0.29, 0.717) is 16.0 Å². The molecule has 1 heterocycles. The van der Waals surface area contributed by atoms with Crippen LogP contribution in [0, 0.1) is 12.7 Å². The molecule has 0 unspecified atom stereocenters. The van der Waals surface area contributed by atoms with Gasteiger partial charge in [0.05, 0.1) is 11.4 Å². The van der Waals surface area contributed by atoms with Crippen LogP contribution in [-0.4, -0.2) is 13.4 Å². The molecule has 0 bridgehead atoms. The van der Waals surface area contributed by atoms with E-state index in [1.54, 1.807) is 19.1 Å². The highest BCUT2D eigenvalue weighted by molar-refractivity contribution is 9.10. The Labute approximate surface area is 132 Å². The van der Waals surface area contributed by atoms with Crippen molar-refractivity contribution in [1.82, 2.24) is 4.98 Å². The Morgan fingerprint density at radius 1 is 1.20 bits per heavy atom. The van der Waals surface area contributed by atoms with Crippen molar-refractivity contribution < 1.29 is 12.8 Å². The van der Waals surface area contributed by atoms with Crippen molar-refractivity contribution in [3.8, 4) is 0 Å². The molecule has 0 atom stereocenters. The number of benzene rings is 1. The van der Waals surface area contributed by atoms with Gasteiger partial charge in [0.25, 0.3) is 10.0 Å². The number of anilines is 1. The summed E-state index contributed by atoms with van der Waals surface area (Å²) in [4.78, 5) is 4.07. The maximum atomic E-state index is 13.0. The third-order valence-electron chi connectivity index (χ3n) is 2.48. The van der Waals surface area contributed by atoms with E-state index in [1.165, 1.54) is 6.07 Å². The Bertz CT molecular complexity index is 766. The monoisotopic (exact) mass is 422 g/mol. The van der Waals surface area contributed by atoms with Crippen molar-refractivity contribution in [1.29, 1.82) is 0 Å². The highest BCUT2D eigenvalue weighted by Crippen LogP contribution is 2.26. The number of nitrogens with one attached hydrogen (secondary N) is 1. The molecule has 20 heavy (non-hydrogen) atoms. The molecule has 1 aromatic carbocycles. The maximum absolute atomic E-state index is 13.0. The molecule has 0 aliphatic heterocycles. The number of halogens is 3. The van der Waals surface area contributed by atoms with Crippen LogP contribution in [0.25, 0.3) is 0 Å². The summed E-state index contributed by atoms with van der Waals surface area (Å²) in [5, 5.41) is 0. The van der Waals surface area contributed by atoms with E-state index in [4.69, 9.17) is 0 Å². The molecule has 0 saturated heterocycles. The van der Waals surface area contributed by atoms with E-state index < -0.39 is 15.8 Å². The standard InChI is InChI=1S/C12H9Br2FN2O2S/c1-7-10(3-5-12(14)16-7)17-20(18,19)11-4-2-8(15)6-9(11)13/h2-6,17H,1H3. The largest absolute Gasteiger partial charge is 0.278 e. The summed E-state index contributed by atoms with van der Waals surface area (Å²) < 4.78 is 40.7. The molecule has 1 N–H and O–H groups in total. The van der Waals surface area contributed by atoms with Gasteiger partial charge in [0.15, 0.2) is 0 Å². The minimum atomic E-state index is -3.81. The summed E-state index contributed by atoms with van der Waals surface area (Å²) in [5.74, 6) is -0.516. The lowest BCUT2D eigenvalue weighted by molar-refractivity contribution is 0.599. The highest BCUT2D eigenvalue weighted by atomic mass is 79.9. The third kappa shape index (κ3) is 3.36. The summed E-state index contributed by atoms with van der Waals surface area (Å²) >= 11 is 6.25. The SMILES string of the molecule is Cc1nc(Br)ccc1NS(=O)(=O)c1ccc(F)cc1Br. The van der Waals surface area contributed by atoms with Crippen LogP contribution < -0.4 is 4.72 Å². The third-order valence-corrected chi connectivity index (χ3v) is 5.26. The molecular formula is C12H9Br2FN2O2S. The van der Waals surface area contributed by atoms with E-state index in [-0.39, 0.29) is 9.37 Å². The molecular weight excluding hydrogens is 415 g/mol. The van der Waals surface area contributed by atoms with Crippen LogP contribution in [0.15, 0.2) is 44.3 Å². The summed E-state index contributed by atoms with van der Waals surface area (Å²) in [6.45, 7) is 1.68. The number of hydrogen-bond acceptors (Lipinski definition) is 3. The summed E-state index contributed by atoms with van der Waals surface area (Å²) in [5.41, 5.74) is 0.894. The number of pyridine rings is 1. The average molecular weight is 424 g/mol. The van der Waals surface area contributed by atoms with Crippen molar-refractivity contribution in [3.63, 3.8) is 0 Å². The first-order chi connectivity index (χ1) is 9.29. The second-order valence-electron chi connectivity index (χ2n) is 3.95. The molecule has 0 amide bonds. The average Bonchev–Trinajstić information content (AvgIpc) is 2.32. The number of rotatable bonds is 3. The van der Waals surface area contributed by atoms with Crippen LogP contribution in [0.4, 0.5) is 10.1 Å². The molecule has 0 spiro atoms. The van der Waals surface area contributed by atoms with Crippen molar-refractivity contribution in [2.75, 3.05) is 4.72 Å². The van der Waals surface area contributed by atoms with E-state index in [9.17, 15) is 12.8 Å². The van der Waals surface area contributed by atoms with Gasteiger partial charge in [-0.2, -0.15) is 0 Å². The normalized spacial score (nSPS) is 11.4. The van der Waals surface area contributed by atoms with Crippen molar-refractivity contribution >= 4 is 47.6 Å². The van der Waals surface area contributed by atoms with Crippen molar-refractivity contribution in [2.24, 2.45) is 0 Å². The lowest BCUT2D eigenvalue weighted by Crippen LogP contribution is -2.14. The number of aromatic nitrogens is 1. The van der Waals surface area contributed by atoms with Crippen molar-refractivity contribution in [2.45, 2.75) is 11.8 Å². The molecule has 0 aliphatic rings. The number of aryl methyl sites for hydroxylation is 1. The fourth-order valence-corrected chi connectivity index (χ4v) is 4.10. The highest BCUT2D eigenvalue weighted by Gasteiger charge is 2.19. The first-order valence-electron chi connectivity index (χ1n) is 5.40. The molecule has 8 heteroatoms. The van der Waals surface area contributed by atoms with Crippen molar-refractivity contribution in [3.05, 3.63) is 50.9 Å². The minimum absolute atomic E-state index is 0.0405. The van der Waals surface area contributed by atoms with Crippen LogP contribution in [-0.2, 0) is 10.0 Å². The predicted octanol–water partition coefficient (Wildman–Crippen LogP) is 3.85. The van der Waals surface area contributed by atoms with Gasteiger partial charge in [0, 0.05) is 4.47 Å². The van der Waals surface area contributed by atoms with Gasteiger partial charge in [-0.25, -0.2) is 17.8 Å². The Morgan fingerprint density at radius 2 is 1.90 bits per heavy atom. The van der Waals surface area contributed by atoms with Gasteiger partial charge < -0.3 is 0 Å². The fourth-order valence-electron chi connectivity index (χ4n) is 1.53. The minimum Gasteiger partial charge on any atom is -0.278 e. The zero-order chi connectivity index (χ0) is 14.9. The van der Waals surface area contributed by atoms with Crippen LogP contribution >= 0.6 is 31.9 Å². The number of nitrogens with zero attached hydrogens (tertiary/aromatic N) is 1. The van der Waals surface area contributed by atoms with E-state index >= 15 is 0 Å². The molecule has 1 aromatic heterocycles. The summed E-state index contributed by atoms with van der Waals surface area (Å²) in [6.07, 6.45) is 0. The fraction of sp³-hybridized carbons (Fsp3) is 0.0833. The summed E-state index contributed by atoms with van der Waals surface area (Å²) in [6, 6.07) is 6.61. The Morgan fingerprint density at radius 3 is 2.50 bits per heavy atom. The zero-order valence-corrected chi connectivity index (χ0v) is 14.2. The molecule has 2 aromatic rings. The molecule has 4 nitrogen and oxygen atoms in total. The molecule has 106 valence electrons. The Balaban J connectivity index is 2.41. The smallest absolute Gasteiger partial charge is 0.263 e. The lowest BCUT2D eigenvalue weighted by atomic mass is 10.3.